The van der Waals surface area contributed by atoms with Gasteiger partial charge in [-0.3, -0.25) is 0 Å². The van der Waals surface area contributed by atoms with Crippen molar-refractivity contribution >= 4 is 22.9 Å². The molecule has 1 aromatic heterocycles. The molecule has 1 atom stereocenters. The van der Waals surface area contributed by atoms with Crippen LogP contribution in [0.5, 0.6) is 0 Å². The highest BCUT2D eigenvalue weighted by Crippen LogP contribution is 2.38. The van der Waals surface area contributed by atoms with Gasteiger partial charge in [0.25, 0.3) is 5.89 Å². The number of allylic oxidation sites excluding steroid dienone is 1. The van der Waals surface area contributed by atoms with Crippen molar-refractivity contribution in [1.29, 1.82) is 0 Å². The molecule has 0 saturated carbocycles. The van der Waals surface area contributed by atoms with Crippen LogP contribution in [-0.2, 0) is 13.0 Å². The van der Waals surface area contributed by atoms with Crippen molar-refractivity contribution in [3.05, 3.63) is 113 Å². The molecule has 0 amide bonds. The van der Waals surface area contributed by atoms with Gasteiger partial charge in [0.1, 0.15) is 5.82 Å². The maximum Gasteiger partial charge on any atom is 0.258 e. The van der Waals surface area contributed by atoms with Gasteiger partial charge in [-0.05, 0) is 42.8 Å². The molecule has 0 bridgehead atoms. The third kappa shape index (κ3) is 4.59. The molecule has 1 N–H and O–H groups in total. The molecule has 176 valence electrons. The third-order valence-electron chi connectivity index (χ3n) is 6.29. The van der Waals surface area contributed by atoms with Crippen molar-refractivity contribution in [2.75, 3.05) is 0 Å². The van der Waals surface area contributed by atoms with Gasteiger partial charge in [0.05, 0.1) is 18.2 Å². The van der Waals surface area contributed by atoms with Gasteiger partial charge in [-0.2, -0.15) is 4.98 Å². The first kappa shape index (κ1) is 22.9. The summed E-state index contributed by atoms with van der Waals surface area (Å²) < 4.78 is 20.3. The number of benzene rings is 3. The zero-order valence-electron chi connectivity index (χ0n) is 19.5. The second-order valence-electron chi connectivity index (χ2n) is 8.44. The Labute approximate surface area is 209 Å². The molecule has 4 aromatic rings. The summed E-state index contributed by atoms with van der Waals surface area (Å²) in [7, 11) is 0. The van der Waals surface area contributed by atoms with E-state index in [0.717, 1.165) is 28.8 Å². The lowest BCUT2D eigenvalue weighted by atomic mass is 9.93. The molecule has 35 heavy (non-hydrogen) atoms. The van der Waals surface area contributed by atoms with E-state index in [-0.39, 0.29) is 18.4 Å². The molecule has 7 heteroatoms. The van der Waals surface area contributed by atoms with Gasteiger partial charge in [0, 0.05) is 16.8 Å². The number of nitrogens with one attached hydrogen (secondary N) is 1. The molecule has 1 aliphatic rings. The first-order valence-electron chi connectivity index (χ1n) is 11.6. The molecule has 0 aliphatic carbocycles. The lowest BCUT2D eigenvalue weighted by Gasteiger charge is -2.37. The number of aromatic nitrogens is 2. The van der Waals surface area contributed by atoms with Gasteiger partial charge in [0.2, 0.25) is 5.82 Å². The molecule has 1 unspecified atom stereocenters. The standard InChI is InChI=1S/C28H25FN4OS/c1-3-19-13-15-20(16-14-19)25-24(27-31-26(32-34-27)21-9-5-4-6-10-21)18(2)33(28(35)30-25)17-22-11-7-8-12-23(22)29/h4-16,25H,3,17H2,1-2H3,(H,30,35). The van der Waals surface area contributed by atoms with E-state index in [4.69, 9.17) is 21.7 Å². The largest absolute Gasteiger partial charge is 0.351 e. The lowest BCUT2D eigenvalue weighted by Crippen LogP contribution is -2.45. The minimum atomic E-state index is -0.283. The van der Waals surface area contributed by atoms with E-state index < -0.39 is 0 Å². The highest BCUT2D eigenvalue weighted by molar-refractivity contribution is 7.80. The van der Waals surface area contributed by atoms with E-state index in [1.54, 1.807) is 12.1 Å². The summed E-state index contributed by atoms with van der Waals surface area (Å²) >= 11 is 5.75. The highest BCUT2D eigenvalue weighted by Gasteiger charge is 2.34. The van der Waals surface area contributed by atoms with Gasteiger partial charge < -0.3 is 14.7 Å². The fourth-order valence-corrected chi connectivity index (χ4v) is 4.60. The van der Waals surface area contributed by atoms with E-state index in [2.05, 4.69) is 41.7 Å². The van der Waals surface area contributed by atoms with Crippen LogP contribution in [0.1, 0.15) is 42.5 Å². The Hall–Kier alpha value is -3.84. The topological polar surface area (TPSA) is 54.2 Å². The van der Waals surface area contributed by atoms with Crippen LogP contribution in [-0.4, -0.2) is 20.2 Å². The Morgan fingerprint density at radius 2 is 1.71 bits per heavy atom. The molecule has 2 heterocycles. The van der Waals surface area contributed by atoms with Gasteiger partial charge in [-0.25, -0.2) is 4.39 Å². The van der Waals surface area contributed by atoms with Gasteiger partial charge >= 0.3 is 0 Å². The van der Waals surface area contributed by atoms with Crippen LogP contribution in [0.2, 0.25) is 0 Å². The van der Waals surface area contributed by atoms with Crippen LogP contribution in [0.25, 0.3) is 17.0 Å². The average molecular weight is 485 g/mol. The number of nitrogens with zero attached hydrogens (tertiary/aromatic N) is 3. The molecule has 0 radical (unpaired) electrons. The van der Waals surface area contributed by atoms with Crippen LogP contribution in [0.15, 0.2) is 89.1 Å². The minimum absolute atomic E-state index is 0.272. The normalized spacial score (nSPS) is 15.9. The number of hydrogen-bond donors (Lipinski definition) is 1. The van der Waals surface area contributed by atoms with E-state index >= 15 is 0 Å². The Morgan fingerprint density at radius 1 is 1.00 bits per heavy atom. The Balaban J connectivity index is 1.60. The number of aryl methyl sites for hydroxylation is 1. The summed E-state index contributed by atoms with van der Waals surface area (Å²) in [5.41, 5.74) is 5.35. The molecule has 1 aliphatic heterocycles. The van der Waals surface area contributed by atoms with E-state index in [1.165, 1.54) is 11.6 Å². The summed E-state index contributed by atoms with van der Waals surface area (Å²) in [5.74, 6) is 0.639. The smallest absolute Gasteiger partial charge is 0.258 e. The Kier molecular flexibility index (Phi) is 6.42. The lowest BCUT2D eigenvalue weighted by molar-refractivity contribution is 0.395. The average Bonchev–Trinajstić information content (AvgIpc) is 3.37. The third-order valence-corrected chi connectivity index (χ3v) is 6.63. The molecule has 0 spiro atoms. The number of rotatable bonds is 6. The SMILES string of the molecule is CCc1ccc(C2NC(=S)N(Cc3ccccc3F)C(C)=C2c2nc(-c3ccccc3)no2)cc1. The molecule has 5 nitrogen and oxygen atoms in total. The first-order valence-corrected chi connectivity index (χ1v) is 12.0. The van der Waals surface area contributed by atoms with Crippen molar-refractivity contribution < 1.29 is 8.91 Å². The zero-order chi connectivity index (χ0) is 24.4. The van der Waals surface area contributed by atoms with Crippen molar-refractivity contribution in [1.82, 2.24) is 20.4 Å². The van der Waals surface area contributed by atoms with Crippen LogP contribution < -0.4 is 5.32 Å². The van der Waals surface area contributed by atoms with Crippen LogP contribution >= 0.6 is 12.2 Å². The maximum absolute atomic E-state index is 14.5. The van der Waals surface area contributed by atoms with Gasteiger partial charge in [-0.15, -0.1) is 0 Å². The number of thiocarbonyl (C=S) groups is 1. The second kappa shape index (κ2) is 9.80. The van der Waals surface area contributed by atoms with Gasteiger partial charge in [0.15, 0.2) is 5.11 Å². The quantitative estimate of drug-likeness (QED) is 0.324. The fraction of sp³-hybridized carbons (Fsp3) is 0.179. The fourth-order valence-electron chi connectivity index (χ4n) is 4.28. The molecule has 0 saturated heterocycles. The van der Waals surface area contributed by atoms with E-state index in [1.807, 2.05) is 48.2 Å². The van der Waals surface area contributed by atoms with Gasteiger partial charge in [-0.1, -0.05) is 84.9 Å². The van der Waals surface area contributed by atoms with E-state index in [9.17, 15) is 4.39 Å². The van der Waals surface area contributed by atoms with E-state index in [0.29, 0.717) is 22.4 Å². The summed E-state index contributed by atoms with van der Waals surface area (Å²) in [6.45, 7) is 4.38. The zero-order valence-corrected chi connectivity index (χ0v) is 20.3. The van der Waals surface area contributed by atoms with Crippen molar-refractivity contribution in [2.45, 2.75) is 32.9 Å². The molecular formula is C28H25FN4OS. The highest BCUT2D eigenvalue weighted by atomic mass is 32.1. The summed E-state index contributed by atoms with van der Waals surface area (Å²) in [4.78, 5) is 6.61. The van der Waals surface area contributed by atoms with Crippen LogP contribution in [0, 0.1) is 5.82 Å². The first-order chi connectivity index (χ1) is 17.0. The Morgan fingerprint density at radius 3 is 2.43 bits per heavy atom. The molecule has 3 aromatic carbocycles. The van der Waals surface area contributed by atoms with Crippen LogP contribution in [0.4, 0.5) is 4.39 Å². The van der Waals surface area contributed by atoms with Crippen LogP contribution in [0.3, 0.4) is 0 Å². The van der Waals surface area contributed by atoms with Crippen molar-refractivity contribution in [3.8, 4) is 11.4 Å². The maximum atomic E-state index is 14.5. The minimum Gasteiger partial charge on any atom is -0.351 e. The van der Waals surface area contributed by atoms with Crippen molar-refractivity contribution in [2.24, 2.45) is 0 Å². The number of halogens is 1. The molecular weight excluding hydrogens is 459 g/mol. The predicted octanol–water partition coefficient (Wildman–Crippen LogP) is 6.30. The summed E-state index contributed by atoms with van der Waals surface area (Å²) in [5, 5.41) is 8.19. The summed E-state index contributed by atoms with van der Waals surface area (Å²) in [6, 6.07) is 24.5. The number of hydrogen-bond acceptors (Lipinski definition) is 4. The monoisotopic (exact) mass is 484 g/mol. The second-order valence-corrected chi connectivity index (χ2v) is 8.83. The molecule has 5 rings (SSSR count). The molecule has 0 fully saturated rings. The summed E-state index contributed by atoms with van der Waals surface area (Å²) in [6.07, 6.45) is 0.957. The Bertz CT molecular complexity index is 1380. The predicted molar refractivity (Wildman–Crippen MR) is 139 cm³/mol. The van der Waals surface area contributed by atoms with Crippen molar-refractivity contribution in [3.63, 3.8) is 0 Å².